The highest BCUT2D eigenvalue weighted by Gasteiger charge is 2.44. The Hall–Kier alpha value is -0.650. The second-order valence-corrected chi connectivity index (χ2v) is 5.79. The van der Waals surface area contributed by atoms with Crippen molar-refractivity contribution in [3.8, 4) is 0 Å². The van der Waals surface area contributed by atoms with Crippen LogP contribution >= 0.6 is 0 Å². The van der Waals surface area contributed by atoms with Gasteiger partial charge in [0, 0.05) is 25.6 Å². The number of hydrogen-bond acceptors (Lipinski definition) is 4. The first-order valence-electron chi connectivity index (χ1n) is 6.81. The quantitative estimate of drug-likeness (QED) is 0.750. The first-order chi connectivity index (χ1) is 8.42. The fourth-order valence-corrected chi connectivity index (χ4v) is 2.76. The standard InChI is InChI=1S/C13H24N2O3/c1-9(2)14-11-4-6-15(12(11)16)8-13(17)5-7-18-10(13)3/h9-11,14,17H,4-8H2,1-3H3. The summed E-state index contributed by atoms with van der Waals surface area (Å²) in [6, 6.07) is 0.210. The molecular weight excluding hydrogens is 232 g/mol. The zero-order chi connectivity index (χ0) is 13.3. The van der Waals surface area contributed by atoms with Crippen molar-refractivity contribution in [3.63, 3.8) is 0 Å². The van der Waals surface area contributed by atoms with Crippen molar-refractivity contribution < 1.29 is 14.6 Å². The number of rotatable bonds is 4. The summed E-state index contributed by atoms with van der Waals surface area (Å²) in [6.45, 7) is 7.64. The molecule has 0 aliphatic carbocycles. The fraction of sp³-hybridized carbons (Fsp3) is 0.923. The van der Waals surface area contributed by atoms with E-state index in [0.717, 1.165) is 13.0 Å². The highest BCUT2D eigenvalue weighted by atomic mass is 16.5. The summed E-state index contributed by atoms with van der Waals surface area (Å²) in [4.78, 5) is 14.0. The molecule has 0 bridgehead atoms. The zero-order valence-electron chi connectivity index (χ0n) is 11.5. The Balaban J connectivity index is 1.93. The molecular formula is C13H24N2O3. The van der Waals surface area contributed by atoms with Gasteiger partial charge in [-0.1, -0.05) is 13.8 Å². The Bertz CT molecular complexity index is 321. The lowest BCUT2D eigenvalue weighted by atomic mass is 9.96. The maximum Gasteiger partial charge on any atom is 0.239 e. The van der Waals surface area contributed by atoms with Crippen molar-refractivity contribution >= 4 is 5.91 Å². The number of ether oxygens (including phenoxy) is 1. The molecule has 2 rings (SSSR count). The lowest BCUT2D eigenvalue weighted by Crippen LogP contribution is -2.50. The van der Waals surface area contributed by atoms with E-state index in [1.54, 1.807) is 4.90 Å². The highest BCUT2D eigenvalue weighted by molar-refractivity contribution is 5.84. The minimum Gasteiger partial charge on any atom is -0.385 e. The van der Waals surface area contributed by atoms with Crippen LogP contribution in [0.4, 0.5) is 0 Å². The molecule has 2 fully saturated rings. The molecule has 0 aromatic heterocycles. The third-order valence-electron chi connectivity index (χ3n) is 3.96. The minimum atomic E-state index is -0.873. The summed E-state index contributed by atoms with van der Waals surface area (Å²) in [5.74, 6) is 0.108. The highest BCUT2D eigenvalue weighted by Crippen LogP contribution is 2.28. The number of β-amino-alcohol motifs (C(OH)–C–C–N with tert-alkyl or cyclic N) is 1. The summed E-state index contributed by atoms with van der Waals surface area (Å²) >= 11 is 0. The summed E-state index contributed by atoms with van der Waals surface area (Å²) in [5, 5.41) is 13.7. The van der Waals surface area contributed by atoms with Gasteiger partial charge in [-0.05, 0) is 13.3 Å². The van der Waals surface area contributed by atoms with E-state index in [0.29, 0.717) is 25.6 Å². The maximum absolute atomic E-state index is 12.2. The van der Waals surface area contributed by atoms with Crippen LogP contribution in [0.3, 0.4) is 0 Å². The van der Waals surface area contributed by atoms with Crippen LogP contribution in [-0.2, 0) is 9.53 Å². The van der Waals surface area contributed by atoms with Crippen LogP contribution in [0.5, 0.6) is 0 Å². The minimum absolute atomic E-state index is 0.0915. The molecule has 2 aliphatic heterocycles. The monoisotopic (exact) mass is 256 g/mol. The SMILES string of the molecule is CC(C)NC1CCN(CC2(O)CCOC2C)C1=O. The molecule has 0 aromatic carbocycles. The van der Waals surface area contributed by atoms with Crippen molar-refractivity contribution in [1.29, 1.82) is 0 Å². The smallest absolute Gasteiger partial charge is 0.239 e. The van der Waals surface area contributed by atoms with Crippen molar-refractivity contribution in [1.82, 2.24) is 10.2 Å². The van der Waals surface area contributed by atoms with E-state index in [9.17, 15) is 9.90 Å². The van der Waals surface area contributed by atoms with Gasteiger partial charge in [0.1, 0.15) is 5.60 Å². The van der Waals surface area contributed by atoms with Crippen LogP contribution in [0.25, 0.3) is 0 Å². The zero-order valence-corrected chi connectivity index (χ0v) is 11.5. The average Bonchev–Trinajstić information content (AvgIpc) is 2.77. The molecule has 3 atom stereocenters. The lowest BCUT2D eigenvalue weighted by Gasteiger charge is -2.31. The molecule has 2 N–H and O–H groups in total. The molecule has 5 heteroatoms. The molecule has 0 radical (unpaired) electrons. The molecule has 2 heterocycles. The third kappa shape index (κ3) is 2.68. The van der Waals surface area contributed by atoms with Crippen LogP contribution in [0.1, 0.15) is 33.6 Å². The molecule has 104 valence electrons. The first-order valence-corrected chi connectivity index (χ1v) is 6.81. The normalized spacial score (nSPS) is 36.9. The van der Waals surface area contributed by atoms with E-state index in [4.69, 9.17) is 4.74 Å². The van der Waals surface area contributed by atoms with Crippen molar-refractivity contribution in [3.05, 3.63) is 0 Å². The van der Waals surface area contributed by atoms with E-state index in [2.05, 4.69) is 5.32 Å². The van der Waals surface area contributed by atoms with Crippen molar-refractivity contribution in [2.24, 2.45) is 0 Å². The van der Waals surface area contributed by atoms with Crippen LogP contribution in [0.2, 0.25) is 0 Å². The summed E-state index contributed by atoms with van der Waals surface area (Å²) in [5.41, 5.74) is -0.873. The van der Waals surface area contributed by atoms with Gasteiger partial charge in [-0.3, -0.25) is 4.79 Å². The average molecular weight is 256 g/mol. The molecule has 18 heavy (non-hydrogen) atoms. The van der Waals surface area contributed by atoms with Gasteiger partial charge in [0.2, 0.25) is 5.91 Å². The molecule has 2 aliphatic rings. The Labute approximate surface area is 108 Å². The van der Waals surface area contributed by atoms with Crippen LogP contribution < -0.4 is 5.32 Å². The third-order valence-corrected chi connectivity index (χ3v) is 3.96. The second-order valence-electron chi connectivity index (χ2n) is 5.79. The van der Waals surface area contributed by atoms with Gasteiger partial charge in [0.05, 0.1) is 18.7 Å². The van der Waals surface area contributed by atoms with Crippen LogP contribution in [0.15, 0.2) is 0 Å². The van der Waals surface area contributed by atoms with E-state index in [-0.39, 0.29) is 18.1 Å². The Kier molecular flexibility index (Phi) is 3.94. The largest absolute Gasteiger partial charge is 0.385 e. The Morgan fingerprint density at radius 2 is 2.33 bits per heavy atom. The van der Waals surface area contributed by atoms with Gasteiger partial charge in [-0.2, -0.15) is 0 Å². The predicted molar refractivity (Wildman–Crippen MR) is 68.2 cm³/mol. The molecule has 2 saturated heterocycles. The lowest BCUT2D eigenvalue weighted by molar-refractivity contribution is -0.134. The maximum atomic E-state index is 12.2. The number of carbonyl (C=O) groups excluding carboxylic acids is 1. The number of hydrogen-bond donors (Lipinski definition) is 2. The number of aliphatic hydroxyl groups is 1. The van der Waals surface area contributed by atoms with E-state index >= 15 is 0 Å². The summed E-state index contributed by atoms with van der Waals surface area (Å²) in [6.07, 6.45) is 1.24. The molecule has 0 spiro atoms. The van der Waals surface area contributed by atoms with Gasteiger partial charge in [-0.25, -0.2) is 0 Å². The van der Waals surface area contributed by atoms with Crippen LogP contribution in [0, 0.1) is 0 Å². The predicted octanol–water partition coefficient (Wildman–Crippen LogP) is 0.125. The second kappa shape index (κ2) is 5.15. The van der Waals surface area contributed by atoms with Gasteiger partial charge in [-0.15, -0.1) is 0 Å². The molecule has 5 nitrogen and oxygen atoms in total. The number of nitrogens with zero attached hydrogens (tertiary/aromatic N) is 1. The van der Waals surface area contributed by atoms with Crippen LogP contribution in [-0.4, -0.2) is 59.4 Å². The Morgan fingerprint density at radius 1 is 1.61 bits per heavy atom. The number of carbonyl (C=O) groups is 1. The Morgan fingerprint density at radius 3 is 2.89 bits per heavy atom. The van der Waals surface area contributed by atoms with E-state index in [1.165, 1.54) is 0 Å². The van der Waals surface area contributed by atoms with E-state index < -0.39 is 5.60 Å². The van der Waals surface area contributed by atoms with Gasteiger partial charge < -0.3 is 20.1 Å². The van der Waals surface area contributed by atoms with Gasteiger partial charge >= 0.3 is 0 Å². The first kappa shape index (κ1) is 13.8. The molecule has 0 aromatic rings. The van der Waals surface area contributed by atoms with Gasteiger partial charge in [0.15, 0.2) is 0 Å². The molecule has 0 saturated carbocycles. The number of amides is 1. The fourth-order valence-electron chi connectivity index (χ4n) is 2.76. The van der Waals surface area contributed by atoms with Crippen molar-refractivity contribution in [2.45, 2.75) is 57.4 Å². The summed E-state index contributed by atoms with van der Waals surface area (Å²) < 4.78 is 5.40. The van der Waals surface area contributed by atoms with Crippen molar-refractivity contribution in [2.75, 3.05) is 19.7 Å². The molecule has 3 unspecified atom stereocenters. The topological polar surface area (TPSA) is 61.8 Å². The summed E-state index contributed by atoms with van der Waals surface area (Å²) in [7, 11) is 0. The van der Waals surface area contributed by atoms with E-state index in [1.807, 2.05) is 20.8 Å². The number of nitrogens with one attached hydrogen (secondary N) is 1. The van der Waals surface area contributed by atoms with Gasteiger partial charge in [0.25, 0.3) is 0 Å². The molecule has 1 amide bonds. The number of likely N-dealkylation sites (tertiary alicyclic amines) is 1.